The third kappa shape index (κ3) is 4.19. The first-order chi connectivity index (χ1) is 3.98. The number of hydrogen-bond donors (Lipinski definition) is 0. The van der Waals surface area contributed by atoms with Crippen LogP contribution in [0.3, 0.4) is 0 Å². The molecule has 0 saturated carbocycles. The topological polar surface area (TPSA) is 26.3 Å². The third-order valence-corrected chi connectivity index (χ3v) is 1.32. The Balaban J connectivity index is 3.91. The van der Waals surface area contributed by atoms with Gasteiger partial charge in [-0.2, -0.15) is 0 Å². The molecule has 0 bridgehead atoms. The first-order valence-electron chi connectivity index (χ1n) is 2.48. The molecule has 0 aromatic heterocycles. The summed E-state index contributed by atoms with van der Waals surface area (Å²) in [5.74, 6) is 2.36. The molecule has 0 heterocycles. The zero-order chi connectivity index (χ0) is 7.49. The minimum absolute atomic E-state index is 0.709. The van der Waals surface area contributed by atoms with Crippen LogP contribution in [0.25, 0.3) is 0 Å². The molecule has 9 heavy (non-hydrogen) atoms. The van der Waals surface area contributed by atoms with Crippen molar-refractivity contribution in [2.45, 2.75) is 19.4 Å². The summed E-state index contributed by atoms with van der Waals surface area (Å²) in [6.07, 6.45) is 6.49. The van der Waals surface area contributed by atoms with Crippen LogP contribution in [-0.2, 0) is 15.3 Å². The molecule has 0 radical (unpaired) electrons. The van der Waals surface area contributed by atoms with Crippen LogP contribution in [-0.4, -0.2) is 16.1 Å². The molecule has 0 spiro atoms. The number of terminal acetylenes is 1. The summed E-state index contributed by atoms with van der Waals surface area (Å²) < 4.78 is 15.2. The van der Waals surface area contributed by atoms with E-state index in [-0.39, 0.29) is 0 Å². The summed E-state index contributed by atoms with van der Waals surface area (Å²) in [6.45, 7) is 3.38. The minimum Gasteiger partial charge on any atom is -0.272 e. The van der Waals surface area contributed by atoms with Crippen molar-refractivity contribution in [1.82, 2.24) is 0 Å². The van der Waals surface area contributed by atoms with Gasteiger partial charge < -0.3 is 0 Å². The Bertz CT molecular complexity index is 155. The highest BCUT2D eigenvalue weighted by molar-refractivity contribution is 7.79. The van der Waals surface area contributed by atoms with Gasteiger partial charge in [-0.05, 0) is 13.8 Å². The predicted molar refractivity (Wildman–Crippen MR) is 38.1 cm³/mol. The molecule has 3 heteroatoms. The average molecular weight is 146 g/mol. The van der Waals surface area contributed by atoms with Crippen molar-refractivity contribution in [2.24, 2.45) is 0 Å². The van der Waals surface area contributed by atoms with Crippen LogP contribution in [0.2, 0.25) is 0 Å². The quantitative estimate of drug-likeness (QED) is 0.536. The molecule has 0 fully saturated rings. The lowest BCUT2D eigenvalue weighted by atomic mass is 10.2. The summed E-state index contributed by atoms with van der Waals surface area (Å²) in [5.41, 5.74) is -0.709. The highest BCUT2D eigenvalue weighted by Crippen LogP contribution is 2.07. The van der Waals surface area contributed by atoms with Crippen LogP contribution in [0.4, 0.5) is 0 Å². The van der Waals surface area contributed by atoms with Gasteiger partial charge in [-0.15, -0.1) is 6.42 Å². The van der Waals surface area contributed by atoms with Gasteiger partial charge in [0.15, 0.2) is 11.1 Å². The van der Waals surface area contributed by atoms with Crippen LogP contribution < -0.4 is 0 Å². The van der Waals surface area contributed by atoms with Gasteiger partial charge in [0, 0.05) is 6.26 Å². The van der Waals surface area contributed by atoms with Crippen LogP contribution in [0.5, 0.6) is 0 Å². The van der Waals surface area contributed by atoms with Crippen molar-refractivity contribution >= 4 is 11.1 Å². The molecule has 2 nitrogen and oxygen atoms in total. The molecule has 0 amide bonds. The zero-order valence-corrected chi connectivity index (χ0v) is 6.62. The standard InChI is InChI=1S/C6H10O2S/c1-5-6(2,3)8-9(4)7/h1H,2-4H3. The SMILES string of the molecule is C#CC(C)(C)OS(C)=O. The molecule has 1 unspecified atom stereocenters. The second-order valence-electron chi connectivity index (χ2n) is 2.14. The summed E-state index contributed by atoms with van der Waals surface area (Å²) >= 11 is -1.28. The van der Waals surface area contributed by atoms with E-state index in [0.717, 1.165) is 0 Å². The Labute approximate surface area is 58.3 Å². The van der Waals surface area contributed by atoms with Gasteiger partial charge in [-0.1, -0.05) is 5.92 Å². The van der Waals surface area contributed by atoms with Crippen LogP contribution >= 0.6 is 0 Å². The molecule has 0 N–H and O–H groups in total. The van der Waals surface area contributed by atoms with Crippen LogP contribution in [0.15, 0.2) is 0 Å². The Kier molecular flexibility index (Phi) is 2.89. The molecule has 0 rings (SSSR count). The highest BCUT2D eigenvalue weighted by Gasteiger charge is 2.15. The van der Waals surface area contributed by atoms with E-state index in [0.29, 0.717) is 0 Å². The molecular weight excluding hydrogens is 136 g/mol. The van der Waals surface area contributed by atoms with Crippen molar-refractivity contribution in [2.75, 3.05) is 6.26 Å². The van der Waals surface area contributed by atoms with Gasteiger partial charge in [-0.3, -0.25) is 4.18 Å². The predicted octanol–water partition coefficient (Wildman–Crippen LogP) is 0.708. The van der Waals surface area contributed by atoms with Crippen LogP contribution in [0, 0.1) is 12.3 Å². The molecule has 0 aliphatic rings. The van der Waals surface area contributed by atoms with Crippen LogP contribution in [0.1, 0.15) is 13.8 Å². The second-order valence-corrected chi connectivity index (χ2v) is 3.11. The normalized spacial score (nSPS) is 14.4. The minimum atomic E-state index is -1.28. The van der Waals surface area contributed by atoms with E-state index in [4.69, 9.17) is 10.6 Å². The summed E-state index contributed by atoms with van der Waals surface area (Å²) in [7, 11) is 0. The van der Waals surface area contributed by atoms with E-state index < -0.39 is 16.7 Å². The Morgan fingerprint density at radius 1 is 1.67 bits per heavy atom. The molecule has 52 valence electrons. The van der Waals surface area contributed by atoms with Gasteiger partial charge >= 0.3 is 0 Å². The Hall–Kier alpha value is -0.330. The molecule has 0 aromatic rings. The van der Waals surface area contributed by atoms with Crippen molar-refractivity contribution in [1.29, 1.82) is 0 Å². The fourth-order valence-electron chi connectivity index (χ4n) is 0.317. The number of rotatable bonds is 2. The van der Waals surface area contributed by atoms with Crippen molar-refractivity contribution < 1.29 is 8.39 Å². The monoisotopic (exact) mass is 146 g/mol. The maximum Gasteiger partial charge on any atom is 0.153 e. The zero-order valence-electron chi connectivity index (χ0n) is 5.80. The van der Waals surface area contributed by atoms with Gasteiger partial charge in [0.05, 0.1) is 0 Å². The van der Waals surface area contributed by atoms with E-state index in [9.17, 15) is 4.21 Å². The molecule has 0 aliphatic carbocycles. The van der Waals surface area contributed by atoms with E-state index in [1.165, 1.54) is 6.26 Å². The fraction of sp³-hybridized carbons (Fsp3) is 0.667. The lowest BCUT2D eigenvalue weighted by molar-refractivity contribution is 0.198. The first kappa shape index (κ1) is 8.67. The molecule has 1 atom stereocenters. The smallest absolute Gasteiger partial charge is 0.153 e. The Morgan fingerprint density at radius 2 is 2.11 bits per heavy atom. The second kappa shape index (κ2) is 3.00. The summed E-state index contributed by atoms with van der Waals surface area (Å²) in [4.78, 5) is 0. The third-order valence-electron chi connectivity index (χ3n) is 0.673. The van der Waals surface area contributed by atoms with Gasteiger partial charge in [-0.25, -0.2) is 4.21 Å². The average Bonchev–Trinajstić information content (AvgIpc) is 1.63. The van der Waals surface area contributed by atoms with Gasteiger partial charge in [0.1, 0.15) is 5.60 Å². The van der Waals surface area contributed by atoms with E-state index >= 15 is 0 Å². The lowest BCUT2D eigenvalue weighted by Crippen LogP contribution is -2.22. The molecular formula is C6H10O2S. The largest absolute Gasteiger partial charge is 0.272 e. The van der Waals surface area contributed by atoms with Crippen molar-refractivity contribution in [3.63, 3.8) is 0 Å². The van der Waals surface area contributed by atoms with Gasteiger partial charge in [0.25, 0.3) is 0 Å². The first-order valence-corrected chi connectivity index (χ1v) is 3.97. The maximum atomic E-state index is 10.4. The van der Waals surface area contributed by atoms with E-state index in [2.05, 4.69) is 5.92 Å². The van der Waals surface area contributed by atoms with Gasteiger partial charge in [0.2, 0.25) is 0 Å². The maximum absolute atomic E-state index is 10.4. The lowest BCUT2D eigenvalue weighted by Gasteiger charge is -2.14. The molecule has 0 aromatic carbocycles. The molecule has 0 aliphatic heterocycles. The molecule has 0 saturated heterocycles. The fourth-order valence-corrected chi connectivity index (χ4v) is 0.952. The summed E-state index contributed by atoms with van der Waals surface area (Å²) in [5, 5.41) is 0. The van der Waals surface area contributed by atoms with Crippen molar-refractivity contribution in [3.8, 4) is 12.3 Å². The van der Waals surface area contributed by atoms with E-state index in [1.807, 2.05) is 0 Å². The number of hydrogen-bond acceptors (Lipinski definition) is 2. The Morgan fingerprint density at radius 3 is 2.22 bits per heavy atom. The highest BCUT2D eigenvalue weighted by atomic mass is 32.2. The van der Waals surface area contributed by atoms with Crippen molar-refractivity contribution in [3.05, 3.63) is 0 Å². The van der Waals surface area contributed by atoms with E-state index in [1.54, 1.807) is 13.8 Å². The summed E-state index contributed by atoms with van der Waals surface area (Å²) in [6, 6.07) is 0.